The molecule has 41 heavy (non-hydrogen) atoms. The topological polar surface area (TPSA) is 98.6 Å². The third-order valence-corrected chi connectivity index (χ3v) is 8.69. The summed E-state index contributed by atoms with van der Waals surface area (Å²) in [5.41, 5.74) is 1.50. The summed E-state index contributed by atoms with van der Waals surface area (Å²) < 4.78 is 51.8. The Morgan fingerprint density at radius 2 is 1.80 bits per heavy atom. The van der Waals surface area contributed by atoms with Gasteiger partial charge in [-0.15, -0.1) is 0 Å². The Morgan fingerprint density at radius 3 is 2.44 bits per heavy atom. The highest BCUT2D eigenvalue weighted by molar-refractivity contribution is 6.33. The zero-order valence-electron chi connectivity index (χ0n) is 23.0. The van der Waals surface area contributed by atoms with E-state index >= 15 is 0 Å². The third-order valence-electron chi connectivity index (χ3n) is 8.39. The molecule has 0 bridgehead atoms. The molecule has 4 heterocycles. The number of alkyl halides is 3. The average Bonchev–Trinajstić information content (AvgIpc) is 3.43. The Hall–Kier alpha value is -2.86. The van der Waals surface area contributed by atoms with Crippen LogP contribution < -0.4 is 10.1 Å². The second-order valence-electron chi connectivity index (χ2n) is 11.1. The fourth-order valence-corrected chi connectivity index (χ4v) is 6.15. The van der Waals surface area contributed by atoms with E-state index in [0.29, 0.717) is 67.5 Å². The normalized spacial score (nSPS) is 24.2. The summed E-state index contributed by atoms with van der Waals surface area (Å²) in [4.78, 5) is 32.2. The summed E-state index contributed by atoms with van der Waals surface area (Å²) in [6, 6.07) is 3.17. The summed E-state index contributed by atoms with van der Waals surface area (Å²) in [5.74, 6) is -1.58. The van der Waals surface area contributed by atoms with Crippen LogP contribution in [0.3, 0.4) is 0 Å². The van der Waals surface area contributed by atoms with Crippen molar-refractivity contribution in [2.24, 2.45) is 11.8 Å². The van der Waals surface area contributed by atoms with Crippen LogP contribution in [0.5, 0.6) is 5.88 Å². The molecule has 224 valence electrons. The highest BCUT2D eigenvalue weighted by Crippen LogP contribution is 2.38. The second kappa shape index (κ2) is 12.6. The predicted octanol–water partition coefficient (Wildman–Crippen LogP) is 5.40. The van der Waals surface area contributed by atoms with Crippen LogP contribution >= 0.6 is 11.6 Å². The van der Waals surface area contributed by atoms with Gasteiger partial charge in [0.2, 0.25) is 11.8 Å². The number of methoxy groups -OCH3 is 1. The van der Waals surface area contributed by atoms with Gasteiger partial charge in [-0.25, -0.2) is 9.67 Å². The minimum absolute atomic E-state index is 0.0411. The van der Waals surface area contributed by atoms with E-state index in [1.54, 1.807) is 21.7 Å². The van der Waals surface area contributed by atoms with Gasteiger partial charge in [-0.1, -0.05) is 11.6 Å². The summed E-state index contributed by atoms with van der Waals surface area (Å²) in [6.45, 7) is 1.35. The minimum Gasteiger partial charge on any atom is -0.481 e. The van der Waals surface area contributed by atoms with Gasteiger partial charge >= 0.3 is 6.18 Å². The van der Waals surface area contributed by atoms with Crippen LogP contribution in [0.15, 0.2) is 18.3 Å². The zero-order chi connectivity index (χ0) is 29.1. The number of ether oxygens (including phenoxy) is 2. The largest absolute Gasteiger partial charge is 0.481 e. The number of hydrogen-bond donors (Lipinski definition) is 1. The van der Waals surface area contributed by atoms with Crippen molar-refractivity contribution in [1.29, 1.82) is 0 Å². The Morgan fingerprint density at radius 1 is 1.07 bits per heavy atom. The van der Waals surface area contributed by atoms with Crippen LogP contribution in [0, 0.1) is 11.8 Å². The van der Waals surface area contributed by atoms with Crippen molar-refractivity contribution in [1.82, 2.24) is 25.0 Å². The molecule has 0 radical (unpaired) electrons. The van der Waals surface area contributed by atoms with E-state index in [-0.39, 0.29) is 48.5 Å². The van der Waals surface area contributed by atoms with E-state index in [0.717, 1.165) is 19.3 Å². The van der Waals surface area contributed by atoms with Crippen molar-refractivity contribution in [2.75, 3.05) is 26.8 Å². The smallest absolute Gasteiger partial charge is 0.391 e. The molecule has 2 aromatic rings. The number of nitrogens with one attached hydrogen (secondary N) is 1. The molecule has 3 fully saturated rings. The molecule has 1 unspecified atom stereocenters. The van der Waals surface area contributed by atoms with Gasteiger partial charge < -0.3 is 19.7 Å². The molecule has 5 rings (SSSR count). The second-order valence-corrected chi connectivity index (χ2v) is 11.5. The maximum atomic E-state index is 13.5. The number of aromatic nitrogens is 3. The Balaban J connectivity index is 1.24. The molecule has 2 aliphatic heterocycles. The fraction of sp³-hybridized carbons (Fsp3) is 0.643. The number of hydrogen-bond acceptors (Lipinski definition) is 6. The minimum atomic E-state index is -4.17. The number of amides is 2. The Kier molecular flexibility index (Phi) is 9.08. The van der Waals surface area contributed by atoms with Gasteiger partial charge in [-0.05, 0) is 63.9 Å². The molecule has 1 saturated carbocycles. The first-order valence-electron chi connectivity index (χ1n) is 14.2. The number of carbonyl (C=O) groups is 2. The lowest BCUT2D eigenvalue weighted by molar-refractivity contribution is -0.182. The van der Waals surface area contributed by atoms with Crippen LogP contribution in [-0.2, 0) is 9.53 Å². The lowest BCUT2D eigenvalue weighted by atomic mass is 9.85. The van der Waals surface area contributed by atoms with Gasteiger partial charge in [-0.2, -0.15) is 18.3 Å². The number of carbonyl (C=O) groups excluding carboxylic acids is 2. The Labute approximate surface area is 241 Å². The molecule has 0 spiro atoms. The summed E-state index contributed by atoms with van der Waals surface area (Å²) in [7, 11) is 1.51. The van der Waals surface area contributed by atoms with E-state index in [2.05, 4.69) is 15.4 Å². The lowest BCUT2D eigenvalue weighted by Gasteiger charge is -2.34. The standard InChI is InChI=1S/C28H35ClF3N5O4/c1-40-24-14-20(21(29)16-33-24)23-15-22(35-37(23)25-4-2-3-13-41-25)27(39)36-11-9-17(10-12-36)26(38)34-19-7-5-18(6-8-19)28(30,31)32/h14-19,25H,2-13H2,1H3,(H,34,38). The molecule has 13 heteroatoms. The molecule has 1 aliphatic carbocycles. The number of halogens is 4. The van der Waals surface area contributed by atoms with Crippen molar-refractivity contribution >= 4 is 23.4 Å². The fourth-order valence-electron chi connectivity index (χ4n) is 5.95. The SMILES string of the molecule is COc1cc(-c2cc(C(=O)N3CCC(C(=O)NC4CCC(C(F)(F)F)CC4)CC3)nn2C2CCCCO2)c(Cl)cn1. The molecule has 1 atom stereocenters. The average molecular weight is 598 g/mol. The predicted molar refractivity (Wildman–Crippen MR) is 144 cm³/mol. The van der Waals surface area contributed by atoms with Gasteiger partial charge in [0, 0.05) is 43.3 Å². The molecule has 1 N–H and O–H groups in total. The van der Waals surface area contributed by atoms with Crippen LogP contribution in [-0.4, -0.2) is 70.5 Å². The number of piperidine rings is 1. The molecule has 2 amide bonds. The summed E-state index contributed by atoms with van der Waals surface area (Å²) in [5, 5.41) is 8.00. The van der Waals surface area contributed by atoms with Crippen molar-refractivity contribution < 1.29 is 32.2 Å². The van der Waals surface area contributed by atoms with Gasteiger partial charge in [-0.3, -0.25) is 9.59 Å². The van der Waals surface area contributed by atoms with Gasteiger partial charge in [0.15, 0.2) is 11.9 Å². The Bertz CT molecular complexity index is 1230. The number of likely N-dealkylation sites (tertiary alicyclic amines) is 1. The van der Waals surface area contributed by atoms with E-state index < -0.39 is 12.1 Å². The summed E-state index contributed by atoms with van der Waals surface area (Å²) in [6.07, 6.45) is 1.35. The maximum Gasteiger partial charge on any atom is 0.391 e. The molecule has 3 aliphatic rings. The number of nitrogens with zero attached hydrogens (tertiary/aromatic N) is 4. The molecule has 2 aromatic heterocycles. The van der Waals surface area contributed by atoms with Crippen molar-refractivity contribution in [3.63, 3.8) is 0 Å². The monoisotopic (exact) mass is 597 g/mol. The number of pyridine rings is 1. The number of rotatable bonds is 6. The van der Waals surface area contributed by atoms with Crippen LogP contribution in [0.4, 0.5) is 13.2 Å². The van der Waals surface area contributed by atoms with Crippen molar-refractivity contribution in [3.8, 4) is 17.1 Å². The van der Waals surface area contributed by atoms with E-state index in [1.807, 2.05) is 0 Å². The summed E-state index contributed by atoms with van der Waals surface area (Å²) >= 11 is 6.50. The van der Waals surface area contributed by atoms with E-state index in [9.17, 15) is 22.8 Å². The van der Waals surface area contributed by atoms with Gasteiger partial charge in [0.1, 0.15) is 0 Å². The molecular formula is C28H35ClF3N5O4. The highest BCUT2D eigenvalue weighted by atomic mass is 35.5. The first-order chi connectivity index (χ1) is 19.6. The third kappa shape index (κ3) is 6.80. The molecule has 9 nitrogen and oxygen atoms in total. The van der Waals surface area contributed by atoms with Crippen molar-refractivity contribution in [3.05, 3.63) is 29.0 Å². The molecular weight excluding hydrogens is 563 g/mol. The van der Waals surface area contributed by atoms with Crippen molar-refractivity contribution in [2.45, 2.75) is 76.2 Å². The first-order valence-corrected chi connectivity index (χ1v) is 14.6. The van der Waals surface area contributed by atoms with Crippen LogP contribution in [0.2, 0.25) is 5.02 Å². The van der Waals surface area contributed by atoms with Crippen LogP contribution in [0.1, 0.15) is 74.5 Å². The quantitative estimate of drug-likeness (QED) is 0.479. The molecule has 2 saturated heterocycles. The maximum absolute atomic E-state index is 13.5. The van der Waals surface area contributed by atoms with Gasteiger partial charge in [0.05, 0.1) is 29.9 Å². The highest BCUT2D eigenvalue weighted by Gasteiger charge is 2.42. The van der Waals surface area contributed by atoms with Gasteiger partial charge in [0.25, 0.3) is 5.91 Å². The van der Waals surface area contributed by atoms with E-state index in [1.165, 1.54) is 13.3 Å². The zero-order valence-corrected chi connectivity index (χ0v) is 23.7. The van der Waals surface area contributed by atoms with Crippen LogP contribution in [0.25, 0.3) is 11.3 Å². The first kappa shape index (κ1) is 29.6. The lowest BCUT2D eigenvalue weighted by Crippen LogP contribution is -2.46. The van der Waals surface area contributed by atoms with E-state index in [4.69, 9.17) is 21.1 Å². The molecule has 0 aromatic carbocycles.